The van der Waals surface area contributed by atoms with Crippen LogP contribution in [0, 0.1) is 12.8 Å². The highest BCUT2D eigenvalue weighted by atomic mass is 79.9. The standard InChI is InChI=1S/C13H20BrNS/c1-3-7-15-13(10-5-4-6-10)12-8-11(14)9(2)16-12/h8,10,13,15H,3-7H2,1-2H3. The van der Waals surface area contributed by atoms with Gasteiger partial charge in [-0.1, -0.05) is 13.3 Å². The Morgan fingerprint density at radius 3 is 2.75 bits per heavy atom. The Morgan fingerprint density at radius 2 is 2.31 bits per heavy atom. The van der Waals surface area contributed by atoms with Crippen molar-refractivity contribution in [2.75, 3.05) is 6.54 Å². The summed E-state index contributed by atoms with van der Waals surface area (Å²) in [5.74, 6) is 0.872. The van der Waals surface area contributed by atoms with E-state index in [9.17, 15) is 0 Å². The van der Waals surface area contributed by atoms with Crippen LogP contribution >= 0.6 is 27.3 Å². The average Bonchev–Trinajstić information content (AvgIpc) is 2.50. The maximum absolute atomic E-state index is 3.72. The number of hydrogen-bond acceptors (Lipinski definition) is 2. The van der Waals surface area contributed by atoms with Crippen molar-refractivity contribution in [3.8, 4) is 0 Å². The molecule has 1 aliphatic carbocycles. The lowest BCUT2D eigenvalue weighted by Gasteiger charge is -2.34. The Hall–Kier alpha value is 0.140. The fraction of sp³-hybridized carbons (Fsp3) is 0.692. The summed E-state index contributed by atoms with van der Waals surface area (Å²) in [6, 6.07) is 2.91. The van der Waals surface area contributed by atoms with Gasteiger partial charge in [-0.2, -0.15) is 0 Å². The number of rotatable bonds is 5. The van der Waals surface area contributed by atoms with E-state index in [0.717, 1.165) is 12.5 Å². The zero-order valence-corrected chi connectivity index (χ0v) is 12.5. The number of thiophene rings is 1. The third-order valence-corrected chi connectivity index (χ3v) is 5.64. The molecule has 1 heterocycles. The first-order valence-corrected chi connectivity index (χ1v) is 7.82. The van der Waals surface area contributed by atoms with Gasteiger partial charge in [0.1, 0.15) is 0 Å². The van der Waals surface area contributed by atoms with Gasteiger partial charge in [0.05, 0.1) is 0 Å². The molecular weight excluding hydrogens is 282 g/mol. The van der Waals surface area contributed by atoms with Crippen LogP contribution in [-0.2, 0) is 0 Å². The van der Waals surface area contributed by atoms with Crippen molar-refractivity contribution in [1.29, 1.82) is 0 Å². The normalized spacial score (nSPS) is 18.4. The van der Waals surface area contributed by atoms with Crippen LogP contribution in [0.4, 0.5) is 0 Å². The molecule has 1 aromatic rings. The summed E-state index contributed by atoms with van der Waals surface area (Å²) in [5.41, 5.74) is 0. The maximum Gasteiger partial charge on any atom is 0.0443 e. The van der Waals surface area contributed by atoms with Crippen LogP contribution in [0.25, 0.3) is 0 Å². The highest BCUT2D eigenvalue weighted by Crippen LogP contribution is 2.41. The summed E-state index contributed by atoms with van der Waals surface area (Å²) >= 11 is 5.57. The van der Waals surface area contributed by atoms with Gasteiger partial charge >= 0.3 is 0 Å². The van der Waals surface area contributed by atoms with Gasteiger partial charge in [-0.15, -0.1) is 11.3 Å². The lowest BCUT2D eigenvalue weighted by Crippen LogP contribution is -2.32. The molecule has 0 spiro atoms. The maximum atomic E-state index is 3.72. The molecular formula is C13H20BrNS. The molecule has 1 aliphatic rings. The first-order chi connectivity index (χ1) is 7.72. The van der Waals surface area contributed by atoms with E-state index in [1.807, 2.05) is 11.3 Å². The van der Waals surface area contributed by atoms with Crippen molar-refractivity contribution in [2.24, 2.45) is 5.92 Å². The zero-order chi connectivity index (χ0) is 11.5. The second kappa shape index (κ2) is 5.65. The number of aryl methyl sites for hydroxylation is 1. The monoisotopic (exact) mass is 301 g/mol. The van der Waals surface area contributed by atoms with E-state index in [1.54, 1.807) is 0 Å². The Kier molecular flexibility index (Phi) is 4.45. The number of nitrogens with one attached hydrogen (secondary N) is 1. The molecule has 1 N–H and O–H groups in total. The smallest absolute Gasteiger partial charge is 0.0443 e. The molecule has 1 unspecified atom stereocenters. The summed E-state index contributed by atoms with van der Waals surface area (Å²) in [5, 5.41) is 3.72. The van der Waals surface area contributed by atoms with Crippen molar-refractivity contribution < 1.29 is 0 Å². The van der Waals surface area contributed by atoms with Crippen LogP contribution in [0.2, 0.25) is 0 Å². The van der Waals surface area contributed by atoms with Gasteiger partial charge in [0.15, 0.2) is 0 Å². The summed E-state index contributed by atoms with van der Waals surface area (Å²) in [6.07, 6.45) is 5.43. The number of halogens is 1. The highest BCUT2D eigenvalue weighted by molar-refractivity contribution is 9.10. The van der Waals surface area contributed by atoms with Gasteiger partial charge in [0.2, 0.25) is 0 Å². The second-order valence-electron chi connectivity index (χ2n) is 4.68. The molecule has 3 heteroatoms. The molecule has 0 bridgehead atoms. The lowest BCUT2D eigenvalue weighted by atomic mass is 9.79. The van der Waals surface area contributed by atoms with Gasteiger partial charge in [-0.25, -0.2) is 0 Å². The molecule has 1 saturated carbocycles. The van der Waals surface area contributed by atoms with Crippen molar-refractivity contribution in [3.05, 3.63) is 20.3 Å². The van der Waals surface area contributed by atoms with E-state index in [0.29, 0.717) is 6.04 Å². The quantitative estimate of drug-likeness (QED) is 0.834. The minimum atomic E-state index is 0.601. The van der Waals surface area contributed by atoms with Crippen molar-refractivity contribution in [2.45, 2.75) is 45.6 Å². The van der Waals surface area contributed by atoms with E-state index in [4.69, 9.17) is 0 Å². The van der Waals surface area contributed by atoms with E-state index >= 15 is 0 Å². The van der Waals surface area contributed by atoms with Crippen LogP contribution in [0.15, 0.2) is 10.5 Å². The molecule has 0 radical (unpaired) electrons. The summed E-state index contributed by atoms with van der Waals surface area (Å²) in [7, 11) is 0. The molecule has 1 fully saturated rings. The predicted molar refractivity (Wildman–Crippen MR) is 75.1 cm³/mol. The van der Waals surface area contributed by atoms with Gasteiger partial charge in [0.25, 0.3) is 0 Å². The van der Waals surface area contributed by atoms with Crippen LogP contribution < -0.4 is 5.32 Å². The fourth-order valence-corrected chi connectivity index (χ4v) is 3.94. The first-order valence-electron chi connectivity index (χ1n) is 6.21. The first kappa shape index (κ1) is 12.6. The molecule has 0 aromatic carbocycles. The fourth-order valence-electron chi connectivity index (χ4n) is 2.21. The molecule has 1 nitrogen and oxygen atoms in total. The van der Waals surface area contributed by atoms with Crippen LogP contribution in [0.3, 0.4) is 0 Å². The molecule has 0 saturated heterocycles. The van der Waals surface area contributed by atoms with Gasteiger partial charge in [0, 0.05) is 20.3 Å². The minimum absolute atomic E-state index is 0.601. The average molecular weight is 302 g/mol. The van der Waals surface area contributed by atoms with Crippen molar-refractivity contribution in [3.63, 3.8) is 0 Å². The van der Waals surface area contributed by atoms with Crippen LogP contribution in [0.1, 0.15) is 48.4 Å². The van der Waals surface area contributed by atoms with Crippen LogP contribution in [-0.4, -0.2) is 6.54 Å². The SMILES string of the molecule is CCCNC(c1cc(Br)c(C)s1)C1CCC1. The molecule has 16 heavy (non-hydrogen) atoms. The molecule has 90 valence electrons. The molecule has 0 amide bonds. The molecule has 0 aliphatic heterocycles. The summed E-state index contributed by atoms with van der Waals surface area (Å²) < 4.78 is 1.27. The van der Waals surface area contributed by atoms with Crippen molar-refractivity contribution >= 4 is 27.3 Å². The topological polar surface area (TPSA) is 12.0 Å². The lowest BCUT2D eigenvalue weighted by molar-refractivity contribution is 0.234. The van der Waals surface area contributed by atoms with E-state index < -0.39 is 0 Å². The van der Waals surface area contributed by atoms with Gasteiger partial charge in [-0.3, -0.25) is 0 Å². The largest absolute Gasteiger partial charge is 0.309 e. The van der Waals surface area contributed by atoms with Gasteiger partial charge < -0.3 is 5.32 Å². The van der Waals surface area contributed by atoms with Crippen molar-refractivity contribution in [1.82, 2.24) is 5.32 Å². The minimum Gasteiger partial charge on any atom is -0.309 e. The third-order valence-electron chi connectivity index (χ3n) is 3.42. The van der Waals surface area contributed by atoms with Crippen LogP contribution in [0.5, 0.6) is 0 Å². The highest BCUT2D eigenvalue weighted by Gasteiger charge is 2.29. The Morgan fingerprint density at radius 1 is 1.56 bits per heavy atom. The Balaban J connectivity index is 2.10. The van der Waals surface area contributed by atoms with E-state index in [-0.39, 0.29) is 0 Å². The Bertz CT molecular complexity index is 324. The second-order valence-corrected chi connectivity index (χ2v) is 6.82. The number of hydrogen-bond donors (Lipinski definition) is 1. The molecule has 1 aromatic heterocycles. The summed E-state index contributed by atoms with van der Waals surface area (Å²) in [4.78, 5) is 2.92. The molecule has 1 atom stereocenters. The molecule has 2 rings (SSSR count). The third kappa shape index (κ3) is 2.69. The van der Waals surface area contributed by atoms with Gasteiger partial charge in [-0.05, 0) is 60.6 Å². The predicted octanol–water partition coefficient (Wildman–Crippen LogP) is 4.66. The summed E-state index contributed by atoms with van der Waals surface area (Å²) in [6.45, 7) is 5.56. The van der Waals surface area contributed by atoms with E-state index in [2.05, 4.69) is 41.2 Å². The Labute approximate surface area is 111 Å². The van der Waals surface area contributed by atoms with E-state index in [1.165, 1.54) is 39.9 Å². The zero-order valence-electron chi connectivity index (χ0n) is 10.1.